The number of hydrogen-bond acceptors (Lipinski definition) is 5. The van der Waals surface area contributed by atoms with E-state index in [9.17, 15) is 13.2 Å². The largest absolute Gasteiger partial charge is 0.416 e. The van der Waals surface area contributed by atoms with E-state index in [2.05, 4.69) is 19.8 Å². The number of benzene rings is 1. The normalized spacial score (nSPS) is 14.8. The number of rotatable bonds is 3. The Morgan fingerprint density at radius 3 is 2.27 bits per heavy atom. The van der Waals surface area contributed by atoms with Gasteiger partial charge in [0.05, 0.1) is 5.56 Å². The van der Waals surface area contributed by atoms with Crippen LogP contribution in [0, 0.1) is 13.8 Å². The number of alkyl halides is 3. The minimum absolute atomic E-state index is 0.627. The Bertz CT molecular complexity index is 1290. The van der Waals surface area contributed by atoms with E-state index in [1.54, 1.807) is 18.3 Å². The van der Waals surface area contributed by atoms with Gasteiger partial charge >= 0.3 is 6.18 Å². The van der Waals surface area contributed by atoms with Crippen LogP contribution in [0.25, 0.3) is 17.0 Å². The van der Waals surface area contributed by atoms with E-state index in [4.69, 9.17) is 4.98 Å². The van der Waals surface area contributed by atoms with Crippen molar-refractivity contribution in [3.63, 3.8) is 0 Å². The Morgan fingerprint density at radius 2 is 1.58 bits per heavy atom. The molecule has 1 aromatic carbocycles. The molecule has 33 heavy (non-hydrogen) atoms. The molecule has 6 nitrogen and oxygen atoms in total. The molecule has 3 aromatic heterocycles. The molecular formula is C24H23F3N6. The number of halogens is 3. The van der Waals surface area contributed by atoms with Gasteiger partial charge in [0.25, 0.3) is 0 Å². The second-order valence-corrected chi connectivity index (χ2v) is 8.27. The van der Waals surface area contributed by atoms with Gasteiger partial charge in [-0.25, -0.2) is 15.0 Å². The first-order chi connectivity index (χ1) is 15.8. The topological polar surface area (TPSA) is 49.6 Å². The van der Waals surface area contributed by atoms with E-state index in [1.165, 1.54) is 0 Å². The van der Waals surface area contributed by atoms with Crippen LogP contribution in [0.1, 0.15) is 16.8 Å². The van der Waals surface area contributed by atoms with Gasteiger partial charge in [0.2, 0.25) is 0 Å². The summed E-state index contributed by atoms with van der Waals surface area (Å²) in [4.78, 5) is 18.1. The number of anilines is 2. The molecule has 0 aliphatic carbocycles. The van der Waals surface area contributed by atoms with Crippen molar-refractivity contribution in [1.82, 2.24) is 19.4 Å². The lowest BCUT2D eigenvalue weighted by molar-refractivity contribution is -0.137. The number of pyridine rings is 1. The lowest BCUT2D eigenvalue weighted by Crippen LogP contribution is -2.47. The number of aryl methyl sites for hydroxylation is 2. The molecule has 1 aliphatic heterocycles. The van der Waals surface area contributed by atoms with Gasteiger partial charge in [0.1, 0.15) is 11.5 Å². The molecule has 0 spiro atoms. The second-order valence-electron chi connectivity index (χ2n) is 8.27. The maximum Gasteiger partial charge on any atom is 0.416 e. The summed E-state index contributed by atoms with van der Waals surface area (Å²) in [6, 6.07) is 9.36. The third kappa shape index (κ3) is 4.22. The van der Waals surface area contributed by atoms with Crippen molar-refractivity contribution in [3.05, 3.63) is 71.8 Å². The monoisotopic (exact) mass is 452 g/mol. The lowest BCUT2D eigenvalue weighted by Gasteiger charge is -2.37. The maximum atomic E-state index is 12.8. The average molecular weight is 452 g/mol. The average Bonchev–Trinajstić information content (AvgIpc) is 3.25. The molecule has 0 radical (unpaired) electrons. The van der Waals surface area contributed by atoms with Crippen LogP contribution in [0.3, 0.4) is 0 Å². The third-order valence-corrected chi connectivity index (χ3v) is 5.98. The summed E-state index contributed by atoms with van der Waals surface area (Å²) >= 11 is 0. The number of fused-ring (bicyclic) bond motifs is 1. The summed E-state index contributed by atoms with van der Waals surface area (Å²) in [6.07, 6.45) is 1.34. The predicted octanol–water partition coefficient (Wildman–Crippen LogP) is 4.75. The Kier molecular flexibility index (Phi) is 5.19. The van der Waals surface area contributed by atoms with Crippen LogP contribution in [-0.2, 0) is 6.18 Å². The molecule has 0 amide bonds. The van der Waals surface area contributed by atoms with Gasteiger partial charge in [-0.05, 0) is 49.7 Å². The molecule has 0 unspecified atom stereocenters. The first-order valence-corrected chi connectivity index (χ1v) is 10.7. The van der Waals surface area contributed by atoms with E-state index >= 15 is 0 Å². The molecule has 4 heterocycles. The first kappa shape index (κ1) is 21.2. The highest BCUT2D eigenvalue weighted by Gasteiger charge is 2.30. The van der Waals surface area contributed by atoms with Gasteiger partial charge < -0.3 is 14.2 Å². The zero-order valence-corrected chi connectivity index (χ0v) is 18.3. The SMILES string of the molecule is Cc1cc(N2CCN(c3ccc(C(F)(F)F)cc3)CC2)nc(-c2cn3ccnc3cc2C)n1. The lowest BCUT2D eigenvalue weighted by atomic mass is 10.1. The number of nitrogens with zero attached hydrogens (tertiary/aromatic N) is 6. The van der Waals surface area contributed by atoms with Crippen molar-refractivity contribution in [2.75, 3.05) is 36.0 Å². The van der Waals surface area contributed by atoms with Gasteiger partial charge in [0.15, 0.2) is 5.82 Å². The summed E-state index contributed by atoms with van der Waals surface area (Å²) in [7, 11) is 0. The second kappa shape index (κ2) is 8.06. The van der Waals surface area contributed by atoms with Gasteiger partial charge in [-0.15, -0.1) is 0 Å². The van der Waals surface area contributed by atoms with Crippen molar-refractivity contribution >= 4 is 17.2 Å². The zero-order chi connectivity index (χ0) is 23.2. The van der Waals surface area contributed by atoms with E-state index in [0.717, 1.165) is 59.2 Å². The molecule has 0 saturated carbocycles. The van der Waals surface area contributed by atoms with Crippen molar-refractivity contribution < 1.29 is 13.2 Å². The third-order valence-electron chi connectivity index (χ3n) is 5.98. The summed E-state index contributed by atoms with van der Waals surface area (Å²) in [5.74, 6) is 1.53. The highest BCUT2D eigenvalue weighted by Crippen LogP contribution is 2.31. The minimum atomic E-state index is -4.32. The molecule has 170 valence electrons. The van der Waals surface area contributed by atoms with Crippen LogP contribution in [0.4, 0.5) is 24.7 Å². The number of aromatic nitrogens is 4. The van der Waals surface area contributed by atoms with E-state index < -0.39 is 11.7 Å². The van der Waals surface area contributed by atoms with Gasteiger partial charge in [0, 0.05) is 67.8 Å². The molecule has 5 rings (SSSR count). The quantitative estimate of drug-likeness (QED) is 0.449. The zero-order valence-electron chi connectivity index (χ0n) is 18.3. The molecule has 1 saturated heterocycles. The molecule has 0 bridgehead atoms. The van der Waals surface area contributed by atoms with Crippen molar-refractivity contribution in [2.24, 2.45) is 0 Å². The Labute approximate surface area is 189 Å². The molecular weight excluding hydrogens is 429 g/mol. The van der Waals surface area contributed by atoms with Crippen molar-refractivity contribution in [3.8, 4) is 11.4 Å². The fourth-order valence-electron chi connectivity index (χ4n) is 4.18. The standard InChI is InChI=1S/C24H23F3N6/c1-16-13-21-28-7-8-33(21)15-20(16)23-29-17(2)14-22(30-23)32-11-9-31(10-12-32)19-5-3-18(4-6-19)24(25,26)27/h3-8,13-15H,9-12H2,1-2H3. The van der Waals surface area contributed by atoms with E-state index in [1.807, 2.05) is 42.8 Å². The smallest absolute Gasteiger partial charge is 0.368 e. The fraction of sp³-hybridized carbons (Fsp3) is 0.292. The molecule has 0 atom stereocenters. The molecule has 1 aliphatic rings. The van der Waals surface area contributed by atoms with Gasteiger partial charge in [-0.3, -0.25) is 0 Å². The summed E-state index contributed by atoms with van der Waals surface area (Å²) in [5, 5.41) is 0. The van der Waals surface area contributed by atoms with Crippen LogP contribution < -0.4 is 9.80 Å². The molecule has 0 N–H and O–H groups in total. The number of imidazole rings is 1. The van der Waals surface area contributed by atoms with Crippen LogP contribution in [0.2, 0.25) is 0 Å². The summed E-state index contributed by atoms with van der Waals surface area (Å²) < 4.78 is 40.5. The van der Waals surface area contributed by atoms with Crippen molar-refractivity contribution in [1.29, 1.82) is 0 Å². The summed E-state index contributed by atoms with van der Waals surface area (Å²) in [5.41, 5.74) is 3.93. The summed E-state index contributed by atoms with van der Waals surface area (Å²) in [6.45, 7) is 6.82. The number of piperazine rings is 1. The predicted molar refractivity (Wildman–Crippen MR) is 122 cm³/mol. The van der Waals surface area contributed by atoms with E-state index in [-0.39, 0.29) is 0 Å². The Hall–Kier alpha value is -3.62. The van der Waals surface area contributed by atoms with Gasteiger partial charge in [-0.2, -0.15) is 13.2 Å². The number of hydrogen-bond donors (Lipinski definition) is 0. The highest BCUT2D eigenvalue weighted by molar-refractivity contribution is 5.64. The van der Waals surface area contributed by atoms with Gasteiger partial charge in [-0.1, -0.05) is 0 Å². The Balaban J connectivity index is 1.35. The van der Waals surface area contributed by atoms with E-state index in [0.29, 0.717) is 18.9 Å². The van der Waals surface area contributed by atoms with Crippen LogP contribution in [0.5, 0.6) is 0 Å². The molecule has 9 heteroatoms. The minimum Gasteiger partial charge on any atom is -0.368 e. The fourth-order valence-corrected chi connectivity index (χ4v) is 4.18. The van der Waals surface area contributed by atoms with Crippen molar-refractivity contribution in [2.45, 2.75) is 20.0 Å². The van der Waals surface area contributed by atoms with Crippen LogP contribution >= 0.6 is 0 Å². The maximum absolute atomic E-state index is 12.8. The van der Waals surface area contributed by atoms with Crippen LogP contribution in [0.15, 0.2) is 55.0 Å². The molecule has 4 aromatic rings. The van der Waals surface area contributed by atoms with Crippen LogP contribution in [-0.4, -0.2) is 45.5 Å². The highest BCUT2D eigenvalue weighted by atomic mass is 19.4. The first-order valence-electron chi connectivity index (χ1n) is 10.7. The molecule has 1 fully saturated rings. The Morgan fingerprint density at radius 1 is 0.879 bits per heavy atom.